The van der Waals surface area contributed by atoms with E-state index in [2.05, 4.69) is 16.2 Å². The lowest BCUT2D eigenvalue weighted by molar-refractivity contribution is 0.103. The fourth-order valence-corrected chi connectivity index (χ4v) is 4.11. The molecular weight excluding hydrogens is 330 g/mol. The molecule has 1 saturated carbocycles. The predicted molar refractivity (Wildman–Crippen MR) is 101 cm³/mol. The number of nitrogens with one attached hydrogen (secondary N) is 1. The molecule has 0 bridgehead atoms. The molecule has 1 fully saturated rings. The molecule has 4 nitrogen and oxygen atoms in total. The molecule has 2 aromatic heterocycles. The number of thiophene rings is 1. The highest BCUT2D eigenvalue weighted by Gasteiger charge is 2.28. The van der Waals surface area contributed by atoms with Crippen LogP contribution in [0.2, 0.25) is 0 Å². The zero-order valence-electron chi connectivity index (χ0n) is 14.1. The number of rotatable bonds is 3. The minimum absolute atomic E-state index is 0.137. The first-order valence-electron chi connectivity index (χ1n) is 8.22. The third-order valence-electron chi connectivity index (χ3n) is 4.42. The van der Waals surface area contributed by atoms with E-state index < -0.39 is 0 Å². The summed E-state index contributed by atoms with van der Waals surface area (Å²) in [7, 11) is 0. The fourth-order valence-electron chi connectivity index (χ4n) is 2.98. The van der Waals surface area contributed by atoms with Gasteiger partial charge in [0, 0.05) is 22.6 Å². The van der Waals surface area contributed by atoms with E-state index in [1.165, 1.54) is 11.3 Å². The quantitative estimate of drug-likeness (QED) is 0.714. The molecule has 3 aromatic rings. The number of carbonyl (C=O) groups is 1. The SMILES string of the molecule is C#Cc1cccc(NC(=O)c2sc3nc(C4CC4)nc(C)c3c2C)c1. The molecule has 1 N–H and O–H groups in total. The summed E-state index contributed by atoms with van der Waals surface area (Å²) in [5.74, 6) is 3.85. The third kappa shape index (κ3) is 2.90. The topological polar surface area (TPSA) is 54.9 Å². The third-order valence-corrected chi connectivity index (χ3v) is 5.61. The van der Waals surface area contributed by atoms with E-state index in [0.717, 1.165) is 45.7 Å². The Morgan fingerprint density at radius 3 is 2.84 bits per heavy atom. The van der Waals surface area contributed by atoms with Crippen molar-refractivity contribution >= 4 is 33.1 Å². The zero-order chi connectivity index (χ0) is 17.6. The second-order valence-electron chi connectivity index (χ2n) is 6.36. The molecule has 25 heavy (non-hydrogen) atoms. The molecule has 1 aromatic carbocycles. The maximum Gasteiger partial charge on any atom is 0.266 e. The van der Waals surface area contributed by atoms with Crippen molar-refractivity contribution in [3.05, 3.63) is 51.8 Å². The number of aromatic nitrogens is 2. The smallest absolute Gasteiger partial charge is 0.266 e. The molecule has 1 amide bonds. The first kappa shape index (κ1) is 15.8. The Labute approximate surface area is 150 Å². The normalized spacial score (nSPS) is 13.6. The van der Waals surface area contributed by atoms with E-state index >= 15 is 0 Å². The van der Waals surface area contributed by atoms with Gasteiger partial charge < -0.3 is 5.32 Å². The van der Waals surface area contributed by atoms with Crippen molar-refractivity contribution in [2.24, 2.45) is 0 Å². The summed E-state index contributed by atoms with van der Waals surface area (Å²) in [6.45, 7) is 3.95. The van der Waals surface area contributed by atoms with E-state index in [0.29, 0.717) is 16.5 Å². The summed E-state index contributed by atoms with van der Waals surface area (Å²) in [5.41, 5.74) is 3.32. The van der Waals surface area contributed by atoms with Crippen LogP contribution in [-0.2, 0) is 0 Å². The number of amides is 1. The summed E-state index contributed by atoms with van der Waals surface area (Å²) in [6.07, 6.45) is 7.74. The summed E-state index contributed by atoms with van der Waals surface area (Å²) in [5, 5.41) is 3.93. The van der Waals surface area contributed by atoms with Crippen molar-refractivity contribution in [1.82, 2.24) is 9.97 Å². The summed E-state index contributed by atoms with van der Waals surface area (Å²) in [4.78, 5) is 23.7. The molecule has 0 unspecified atom stereocenters. The van der Waals surface area contributed by atoms with Crippen molar-refractivity contribution in [1.29, 1.82) is 0 Å². The summed E-state index contributed by atoms with van der Waals surface area (Å²) >= 11 is 1.43. The molecule has 0 atom stereocenters. The molecular formula is C20H17N3OS. The highest BCUT2D eigenvalue weighted by Crippen LogP contribution is 2.40. The second kappa shape index (κ2) is 5.98. The first-order valence-corrected chi connectivity index (χ1v) is 9.04. The molecule has 0 aliphatic heterocycles. The van der Waals surface area contributed by atoms with Gasteiger partial charge in [-0.25, -0.2) is 9.97 Å². The van der Waals surface area contributed by atoms with Crippen molar-refractivity contribution in [2.45, 2.75) is 32.6 Å². The Morgan fingerprint density at radius 1 is 1.32 bits per heavy atom. The van der Waals surface area contributed by atoms with Gasteiger partial charge in [-0.15, -0.1) is 17.8 Å². The van der Waals surface area contributed by atoms with Crippen molar-refractivity contribution in [3.8, 4) is 12.3 Å². The number of hydrogen-bond donors (Lipinski definition) is 1. The molecule has 0 spiro atoms. The molecule has 2 heterocycles. The molecule has 4 rings (SSSR count). The Morgan fingerprint density at radius 2 is 2.12 bits per heavy atom. The summed E-state index contributed by atoms with van der Waals surface area (Å²) < 4.78 is 0. The van der Waals surface area contributed by atoms with Crippen LogP contribution in [0.5, 0.6) is 0 Å². The Balaban J connectivity index is 1.70. The first-order chi connectivity index (χ1) is 12.1. The van der Waals surface area contributed by atoms with Gasteiger partial charge in [-0.3, -0.25) is 4.79 Å². The average Bonchev–Trinajstić information content (AvgIpc) is 3.39. The van der Waals surface area contributed by atoms with Gasteiger partial charge in [0.2, 0.25) is 0 Å². The number of hydrogen-bond acceptors (Lipinski definition) is 4. The van der Waals surface area contributed by atoms with Gasteiger partial charge in [-0.05, 0) is 50.5 Å². The Kier molecular flexibility index (Phi) is 3.78. The fraction of sp³-hybridized carbons (Fsp3) is 0.250. The predicted octanol–water partition coefficient (Wildman–Crippen LogP) is 4.42. The van der Waals surface area contributed by atoms with E-state index in [-0.39, 0.29) is 5.91 Å². The van der Waals surface area contributed by atoms with Gasteiger partial charge in [-0.1, -0.05) is 12.0 Å². The minimum atomic E-state index is -0.137. The van der Waals surface area contributed by atoms with Crippen molar-refractivity contribution in [3.63, 3.8) is 0 Å². The lowest BCUT2D eigenvalue weighted by atomic mass is 10.1. The number of anilines is 1. The number of carbonyl (C=O) groups excluding carboxylic acids is 1. The van der Waals surface area contributed by atoms with E-state index in [9.17, 15) is 4.79 Å². The van der Waals surface area contributed by atoms with E-state index in [4.69, 9.17) is 11.4 Å². The highest BCUT2D eigenvalue weighted by molar-refractivity contribution is 7.20. The number of nitrogens with zero attached hydrogens (tertiary/aromatic N) is 2. The van der Waals surface area contributed by atoms with Crippen molar-refractivity contribution in [2.75, 3.05) is 5.32 Å². The monoisotopic (exact) mass is 347 g/mol. The maximum absolute atomic E-state index is 12.7. The molecule has 124 valence electrons. The minimum Gasteiger partial charge on any atom is -0.321 e. The largest absolute Gasteiger partial charge is 0.321 e. The van der Waals surface area contributed by atoms with Crippen LogP contribution in [0.1, 0.15) is 51.1 Å². The van der Waals surface area contributed by atoms with Gasteiger partial charge in [-0.2, -0.15) is 0 Å². The number of terminal acetylenes is 1. The average molecular weight is 347 g/mol. The van der Waals surface area contributed by atoms with Crippen LogP contribution >= 0.6 is 11.3 Å². The molecule has 1 aliphatic carbocycles. The van der Waals surface area contributed by atoms with Gasteiger partial charge in [0.15, 0.2) is 0 Å². The maximum atomic E-state index is 12.7. The zero-order valence-corrected chi connectivity index (χ0v) is 14.9. The van der Waals surface area contributed by atoms with Gasteiger partial charge >= 0.3 is 0 Å². The summed E-state index contributed by atoms with van der Waals surface area (Å²) in [6, 6.07) is 7.29. The number of aryl methyl sites for hydroxylation is 2. The molecule has 0 radical (unpaired) electrons. The van der Waals surface area contributed by atoms with Crippen LogP contribution in [0.3, 0.4) is 0 Å². The van der Waals surface area contributed by atoms with Crippen molar-refractivity contribution < 1.29 is 4.79 Å². The second-order valence-corrected chi connectivity index (χ2v) is 7.36. The molecule has 1 aliphatic rings. The highest BCUT2D eigenvalue weighted by atomic mass is 32.1. The lowest BCUT2D eigenvalue weighted by Gasteiger charge is -2.05. The van der Waals surface area contributed by atoms with Crippen LogP contribution in [0.25, 0.3) is 10.2 Å². The van der Waals surface area contributed by atoms with Gasteiger partial charge in [0.25, 0.3) is 5.91 Å². The molecule has 0 saturated heterocycles. The Hall–Kier alpha value is -2.71. The van der Waals surface area contributed by atoms with Crippen LogP contribution in [-0.4, -0.2) is 15.9 Å². The van der Waals surface area contributed by atoms with Crippen LogP contribution in [0.15, 0.2) is 24.3 Å². The van der Waals surface area contributed by atoms with Gasteiger partial charge in [0.05, 0.1) is 10.6 Å². The van der Waals surface area contributed by atoms with Crippen LogP contribution < -0.4 is 5.32 Å². The van der Waals surface area contributed by atoms with Gasteiger partial charge in [0.1, 0.15) is 10.7 Å². The number of benzene rings is 1. The molecule has 5 heteroatoms. The van der Waals surface area contributed by atoms with E-state index in [1.807, 2.05) is 32.0 Å². The Bertz CT molecular complexity index is 1040. The lowest BCUT2D eigenvalue weighted by Crippen LogP contribution is -2.11. The van der Waals surface area contributed by atoms with Crippen LogP contribution in [0, 0.1) is 26.2 Å². The van der Waals surface area contributed by atoms with Crippen LogP contribution in [0.4, 0.5) is 5.69 Å². The standard InChI is InChI=1S/C20H17N3OS/c1-4-13-6-5-7-15(10-13)22-19(24)17-11(2)16-12(3)21-18(14-8-9-14)23-20(16)25-17/h1,5-7,10,14H,8-9H2,2-3H3,(H,22,24). The van der Waals surface area contributed by atoms with E-state index in [1.54, 1.807) is 6.07 Å². The number of fused-ring (bicyclic) bond motifs is 1.